The Balaban J connectivity index is 2.53. The molecule has 0 heterocycles. The standard InChI is InChI=1S/C13H17Br2ClO/c1-2-3-4-5-6-17-13-11(14)7-10(9-16)8-12(13)15/h7-8H,2-6,9H2,1H3. The number of rotatable bonds is 7. The molecule has 0 aliphatic heterocycles. The summed E-state index contributed by atoms with van der Waals surface area (Å²) < 4.78 is 7.69. The molecule has 0 aliphatic carbocycles. The highest BCUT2D eigenvalue weighted by atomic mass is 79.9. The van der Waals surface area contributed by atoms with Crippen molar-refractivity contribution in [2.24, 2.45) is 0 Å². The van der Waals surface area contributed by atoms with Crippen LogP contribution in [0, 0.1) is 0 Å². The summed E-state index contributed by atoms with van der Waals surface area (Å²) in [7, 11) is 0. The molecule has 0 aromatic heterocycles. The van der Waals surface area contributed by atoms with E-state index in [0.717, 1.165) is 33.3 Å². The van der Waals surface area contributed by atoms with E-state index in [4.69, 9.17) is 16.3 Å². The fourth-order valence-corrected chi connectivity index (χ4v) is 3.19. The molecule has 0 radical (unpaired) electrons. The lowest BCUT2D eigenvalue weighted by Gasteiger charge is -2.11. The summed E-state index contributed by atoms with van der Waals surface area (Å²) in [5, 5.41) is 0. The van der Waals surface area contributed by atoms with Gasteiger partial charge in [-0.3, -0.25) is 0 Å². The van der Waals surface area contributed by atoms with Gasteiger partial charge in [0, 0.05) is 5.88 Å². The van der Waals surface area contributed by atoms with Crippen LogP contribution in [0.2, 0.25) is 0 Å². The quantitative estimate of drug-likeness (QED) is 0.419. The Bertz CT molecular complexity index is 332. The van der Waals surface area contributed by atoms with Crippen molar-refractivity contribution in [1.29, 1.82) is 0 Å². The first-order valence-electron chi connectivity index (χ1n) is 5.85. The molecule has 96 valence electrons. The Labute approximate surface area is 125 Å². The molecule has 1 aromatic rings. The monoisotopic (exact) mass is 382 g/mol. The summed E-state index contributed by atoms with van der Waals surface area (Å²) in [5.74, 6) is 1.38. The Morgan fingerprint density at radius 1 is 1.12 bits per heavy atom. The molecule has 0 spiro atoms. The summed E-state index contributed by atoms with van der Waals surface area (Å²) in [6.07, 6.45) is 4.85. The third-order valence-corrected chi connectivity index (χ3v) is 3.94. The van der Waals surface area contributed by atoms with E-state index in [9.17, 15) is 0 Å². The van der Waals surface area contributed by atoms with Crippen LogP contribution in [0.4, 0.5) is 0 Å². The highest BCUT2D eigenvalue weighted by Gasteiger charge is 2.08. The molecular formula is C13H17Br2ClO. The van der Waals surface area contributed by atoms with Crippen LogP contribution in [0.15, 0.2) is 21.1 Å². The van der Waals surface area contributed by atoms with Crippen molar-refractivity contribution in [2.45, 2.75) is 38.5 Å². The van der Waals surface area contributed by atoms with Gasteiger partial charge in [0.2, 0.25) is 0 Å². The topological polar surface area (TPSA) is 9.23 Å². The van der Waals surface area contributed by atoms with Crippen LogP contribution in [0.1, 0.15) is 38.2 Å². The second-order valence-electron chi connectivity index (χ2n) is 3.93. The molecular weight excluding hydrogens is 367 g/mol. The average molecular weight is 385 g/mol. The van der Waals surface area contributed by atoms with Crippen molar-refractivity contribution < 1.29 is 4.74 Å². The van der Waals surface area contributed by atoms with Crippen LogP contribution in [0.25, 0.3) is 0 Å². The molecule has 0 amide bonds. The number of halogens is 3. The van der Waals surface area contributed by atoms with E-state index in [-0.39, 0.29) is 0 Å². The van der Waals surface area contributed by atoms with Gasteiger partial charge >= 0.3 is 0 Å². The molecule has 17 heavy (non-hydrogen) atoms. The van der Waals surface area contributed by atoms with Crippen LogP contribution in [-0.4, -0.2) is 6.61 Å². The van der Waals surface area contributed by atoms with Gasteiger partial charge in [-0.05, 0) is 56.0 Å². The Kier molecular flexibility index (Phi) is 7.56. The van der Waals surface area contributed by atoms with Crippen molar-refractivity contribution in [1.82, 2.24) is 0 Å². The van der Waals surface area contributed by atoms with Crippen LogP contribution in [-0.2, 0) is 5.88 Å². The number of hydrogen-bond acceptors (Lipinski definition) is 1. The lowest BCUT2D eigenvalue weighted by molar-refractivity contribution is 0.301. The molecule has 1 aromatic carbocycles. The van der Waals surface area contributed by atoms with Gasteiger partial charge in [0.15, 0.2) is 0 Å². The normalized spacial score (nSPS) is 10.6. The van der Waals surface area contributed by atoms with Gasteiger partial charge < -0.3 is 4.74 Å². The molecule has 0 atom stereocenters. The third kappa shape index (κ3) is 5.19. The zero-order valence-electron chi connectivity index (χ0n) is 9.94. The van der Waals surface area contributed by atoms with Gasteiger partial charge in [-0.1, -0.05) is 26.2 Å². The van der Waals surface area contributed by atoms with E-state index in [1.165, 1.54) is 19.3 Å². The number of unbranched alkanes of at least 4 members (excludes halogenated alkanes) is 3. The Hall–Kier alpha value is 0.270. The predicted molar refractivity (Wildman–Crippen MR) is 81.0 cm³/mol. The van der Waals surface area contributed by atoms with Gasteiger partial charge in [0.1, 0.15) is 5.75 Å². The molecule has 0 aliphatic rings. The van der Waals surface area contributed by atoms with Gasteiger partial charge in [-0.15, -0.1) is 11.6 Å². The molecule has 0 saturated carbocycles. The van der Waals surface area contributed by atoms with Crippen molar-refractivity contribution in [2.75, 3.05) is 6.61 Å². The van der Waals surface area contributed by atoms with Gasteiger partial charge in [-0.25, -0.2) is 0 Å². The minimum absolute atomic E-state index is 0.508. The zero-order chi connectivity index (χ0) is 12.7. The molecule has 0 fully saturated rings. The summed E-state index contributed by atoms with van der Waals surface area (Å²) in [6, 6.07) is 4.00. The number of alkyl halides is 1. The van der Waals surface area contributed by atoms with Gasteiger partial charge in [-0.2, -0.15) is 0 Å². The van der Waals surface area contributed by atoms with E-state index in [0.29, 0.717) is 5.88 Å². The summed E-state index contributed by atoms with van der Waals surface area (Å²) in [6.45, 7) is 2.97. The van der Waals surface area contributed by atoms with Gasteiger partial charge in [0.25, 0.3) is 0 Å². The number of hydrogen-bond donors (Lipinski definition) is 0. The van der Waals surface area contributed by atoms with Crippen molar-refractivity contribution >= 4 is 43.5 Å². The Morgan fingerprint density at radius 3 is 2.29 bits per heavy atom. The molecule has 0 saturated heterocycles. The minimum Gasteiger partial charge on any atom is -0.491 e. The third-order valence-electron chi connectivity index (χ3n) is 2.46. The predicted octanol–water partition coefficient (Wildman–Crippen LogP) is 5.91. The molecule has 1 rings (SSSR count). The van der Waals surface area contributed by atoms with Crippen molar-refractivity contribution in [3.63, 3.8) is 0 Å². The molecule has 1 nitrogen and oxygen atoms in total. The molecule has 0 unspecified atom stereocenters. The maximum Gasteiger partial charge on any atom is 0.147 e. The van der Waals surface area contributed by atoms with Crippen LogP contribution >= 0.6 is 43.5 Å². The molecule has 0 N–H and O–H groups in total. The maximum absolute atomic E-state index is 5.80. The second kappa shape index (κ2) is 8.39. The second-order valence-corrected chi connectivity index (χ2v) is 5.91. The van der Waals surface area contributed by atoms with E-state index in [1.807, 2.05) is 12.1 Å². The Morgan fingerprint density at radius 2 is 1.76 bits per heavy atom. The van der Waals surface area contributed by atoms with E-state index in [2.05, 4.69) is 38.8 Å². The first kappa shape index (κ1) is 15.3. The minimum atomic E-state index is 0.508. The summed E-state index contributed by atoms with van der Waals surface area (Å²) >= 11 is 12.8. The van der Waals surface area contributed by atoms with Crippen LogP contribution in [0.5, 0.6) is 5.75 Å². The number of benzene rings is 1. The largest absolute Gasteiger partial charge is 0.491 e. The maximum atomic E-state index is 5.80. The molecule has 4 heteroatoms. The highest BCUT2D eigenvalue weighted by molar-refractivity contribution is 9.11. The van der Waals surface area contributed by atoms with Crippen molar-refractivity contribution in [3.05, 3.63) is 26.6 Å². The van der Waals surface area contributed by atoms with Crippen molar-refractivity contribution in [3.8, 4) is 5.75 Å². The zero-order valence-corrected chi connectivity index (χ0v) is 13.9. The number of ether oxygens (including phenoxy) is 1. The van der Waals surface area contributed by atoms with E-state index in [1.54, 1.807) is 0 Å². The van der Waals surface area contributed by atoms with Gasteiger partial charge in [0.05, 0.1) is 15.6 Å². The fourth-order valence-electron chi connectivity index (χ4n) is 1.53. The first-order valence-corrected chi connectivity index (χ1v) is 7.97. The van der Waals surface area contributed by atoms with Crippen LogP contribution < -0.4 is 4.74 Å². The highest BCUT2D eigenvalue weighted by Crippen LogP contribution is 2.35. The smallest absolute Gasteiger partial charge is 0.147 e. The molecule has 0 bridgehead atoms. The van der Waals surface area contributed by atoms with E-state index < -0.39 is 0 Å². The fraction of sp³-hybridized carbons (Fsp3) is 0.538. The summed E-state index contributed by atoms with van der Waals surface area (Å²) in [4.78, 5) is 0. The summed E-state index contributed by atoms with van der Waals surface area (Å²) in [5.41, 5.74) is 1.07. The average Bonchev–Trinajstić information content (AvgIpc) is 2.31. The lowest BCUT2D eigenvalue weighted by Crippen LogP contribution is -1.99. The van der Waals surface area contributed by atoms with E-state index >= 15 is 0 Å². The first-order chi connectivity index (χ1) is 8.19. The van der Waals surface area contributed by atoms with Crippen LogP contribution in [0.3, 0.4) is 0 Å². The SMILES string of the molecule is CCCCCCOc1c(Br)cc(CCl)cc1Br. The lowest BCUT2D eigenvalue weighted by atomic mass is 10.2.